The molecule has 0 aromatic carbocycles. The molecule has 12 nitrogen and oxygen atoms in total. The fourth-order valence-electron chi connectivity index (χ4n) is 3.28. The van der Waals surface area contributed by atoms with E-state index in [1.807, 2.05) is 0 Å². The summed E-state index contributed by atoms with van der Waals surface area (Å²) < 4.78 is 51.0. The first kappa shape index (κ1) is 27.0. The van der Waals surface area contributed by atoms with Crippen LogP contribution in [0, 0.1) is 0 Å². The number of nitrogens with one attached hydrogen (secondary N) is 2. The number of cyclic esters (lactones) is 1. The number of hydrogen-bond donors (Lipinski definition) is 2. The Kier molecular flexibility index (Phi) is 8.90. The Balaban J connectivity index is 1.65. The maximum atomic E-state index is 13.5. The molecule has 15 heteroatoms. The minimum atomic E-state index is -4.68. The Morgan fingerprint density at radius 2 is 1.97 bits per heavy atom. The molecule has 0 radical (unpaired) electrons. The van der Waals surface area contributed by atoms with Crippen LogP contribution < -0.4 is 15.5 Å². The average molecular weight is 515 g/mol. The van der Waals surface area contributed by atoms with Gasteiger partial charge in [0.05, 0.1) is 19.3 Å². The number of alkyl halides is 3. The fourth-order valence-corrected chi connectivity index (χ4v) is 3.28. The number of ether oxygens (including phenoxy) is 1. The summed E-state index contributed by atoms with van der Waals surface area (Å²) in [7, 11) is 4.97. The van der Waals surface area contributed by atoms with Gasteiger partial charge in [0.1, 0.15) is 11.4 Å². The lowest BCUT2D eigenvalue weighted by Crippen LogP contribution is -2.35. The molecule has 1 fully saturated rings. The normalized spacial score (nSPS) is 14.4. The number of halogens is 3. The van der Waals surface area contributed by atoms with E-state index < -0.39 is 23.7 Å². The largest absolute Gasteiger partial charge is 0.449 e. The van der Waals surface area contributed by atoms with Crippen LogP contribution in [0.15, 0.2) is 16.8 Å². The van der Waals surface area contributed by atoms with Gasteiger partial charge >= 0.3 is 18.3 Å². The van der Waals surface area contributed by atoms with E-state index in [4.69, 9.17) is 9.15 Å². The predicted octanol–water partition coefficient (Wildman–Crippen LogP) is 2.79. The lowest BCUT2D eigenvalue weighted by Gasteiger charge is -2.19. The van der Waals surface area contributed by atoms with Crippen LogP contribution in [-0.4, -0.2) is 90.7 Å². The molecule has 3 rings (SSSR count). The summed E-state index contributed by atoms with van der Waals surface area (Å²) in [5.74, 6) is -0.804. The number of aromatic nitrogens is 3. The van der Waals surface area contributed by atoms with E-state index in [1.165, 1.54) is 23.0 Å². The highest BCUT2D eigenvalue weighted by molar-refractivity contribution is 5.92. The van der Waals surface area contributed by atoms with Gasteiger partial charge in [-0.15, -0.1) is 0 Å². The van der Waals surface area contributed by atoms with Gasteiger partial charge in [0.25, 0.3) is 0 Å². The van der Waals surface area contributed by atoms with Crippen LogP contribution in [0.25, 0.3) is 0 Å². The summed E-state index contributed by atoms with van der Waals surface area (Å²) in [5.41, 5.74) is -1.03. The van der Waals surface area contributed by atoms with Gasteiger partial charge in [0, 0.05) is 32.9 Å². The van der Waals surface area contributed by atoms with E-state index in [-0.39, 0.29) is 36.8 Å². The number of amides is 2. The number of rotatable bonds is 10. The van der Waals surface area contributed by atoms with Crippen LogP contribution in [0.5, 0.6) is 0 Å². The van der Waals surface area contributed by atoms with E-state index in [2.05, 4.69) is 25.6 Å². The molecule has 0 unspecified atom stereocenters. The maximum absolute atomic E-state index is 13.5. The van der Waals surface area contributed by atoms with E-state index in [0.717, 1.165) is 12.8 Å². The number of nitrogens with zero attached hydrogens (tertiary/aromatic N) is 6. The van der Waals surface area contributed by atoms with Crippen molar-refractivity contribution in [3.8, 4) is 0 Å². The van der Waals surface area contributed by atoms with Crippen LogP contribution in [0.3, 0.4) is 0 Å². The molecular weight excluding hydrogens is 485 g/mol. The van der Waals surface area contributed by atoms with Crippen molar-refractivity contribution in [2.75, 3.05) is 69.5 Å². The number of hydrogen-bond acceptors (Lipinski definition) is 10. The smallest absolute Gasteiger partial charge is 0.421 e. The lowest BCUT2D eigenvalue weighted by molar-refractivity contribution is -0.137. The second kappa shape index (κ2) is 11.9. The van der Waals surface area contributed by atoms with Crippen molar-refractivity contribution in [3.63, 3.8) is 0 Å². The monoisotopic (exact) mass is 514 g/mol. The first-order valence-corrected chi connectivity index (χ1v) is 11.3. The van der Waals surface area contributed by atoms with E-state index >= 15 is 0 Å². The first-order valence-electron chi connectivity index (χ1n) is 11.3. The molecule has 0 saturated carbocycles. The number of carbonyl (C=O) groups excluding carboxylic acids is 2. The molecule has 0 bridgehead atoms. The summed E-state index contributed by atoms with van der Waals surface area (Å²) in [6.45, 7) is 1.52. The van der Waals surface area contributed by atoms with E-state index in [1.54, 1.807) is 19.0 Å². The summed E-state index contributed by atoms with van der Waals surface area (Å²) in [4.78, 5) is 40.1. The van der Waals surface area contributed by atoms with Gasteiger partial charge in [-0.05, 0) is 33.4 Å². The van der Waals surface area contributed by atoms with Crippen LogP contribution in [0.2, 0.25) is 0 Å². The third-order valence-corrected chi connectivity index (χ3v) is 5.14. The van der Waals surface area contributed by atoms with Crippen molar-refractivity contribution < 1.29 is 31.9 Å². The zero-order chi connectivity index (χ0) is 26.3. The quantitative estimate of drug-likeness (QED) is 0.457. The second-order valence-electron chi connectivity index (χ2n) is 8.37. The van der Waals surface area contributed by atoms with Crippen molar-refractivity contribution in [1.29, 1.82) is 0 Å². The van der Waals surface area contributed by atoms with Crippen molar-refractivity contribution in [2.45, 2.75) is 25.4 Å². The topological polar surface area (TPSA) is 129 Å². The van der Waals surface area contributed by atoms with Gasteiger partial charge in [0.15, 0.2) is 0 Å². The van der Waals surface area contributed by atoms with Crippen LogP contribution in [0.1, 0.15) is 24.8 Å². The Bertz CT molecular complexity index is 1050. The highest BCUT2D eigenvalue weighted by Gasteiger charge is 2.35. The van der Waals surface area contributed by atoms with Gasteiger partial charge in [0.2, 0.25) is 17.7 Å². The van der Waals surface area contributed by atoms with Gasteiger partial charge in [-0.25, -0.2) is 9.78 Å². The minimum Gasteiger partial charge on any atom is -0.449 e. The molecule has 1 saturated heterocycles. The molecule has 36 heavy (non-hydrogen) atoms. The Labute approximate surface area is 205 Å². The van der Waals surface area contributed by atoms with Crippen LogP contribution in [0.4, 0.5) is 41.6 Å². The summed E-state index contributed by atoms with van der Waals surface area (Å²) in [6, 6.07) is 0.00153. The van der Waals surface area contributed by atoms with Crippen molar-refractivity contribution in [1.82, 2.24) is 24.8 Å². The Hall–Kier alpha value is -3.62. The van der Waals surface area contributed by atoms with Crippen molar-refractivity contribution in [2.24, 2.45) is 0 Å². The minimum absolute atomic E-state index is 0.00153. The molecule has 0 spiro atoms. The molecule has 198 valence electrons. The molecule has 0 atom stereocenters. The SMILES string of the molecule is CN(C)CC(=O)N(C)c1ncc(Nc2ncc(C(F)(F)F)c(NCCCN3CCCCOC3=O)n2)o1. The van der Waals surface area contributed by atoms with Crippen LogP contribution >= 0.6 is 0 Å². The lowest BCUT2D eigenvalue weighted by atomic mass is 10.3. The van der Waals surface area contributed by atoms with Gasteiger partial charge in [-0.2, -0.15) is 23.1 Å². The molecule has 3 heterocycles. The van der Waals surface area contributed by atoms with Crippen LogP contribution in [-0.2, 0) is 15.7 Å². The molecule has 1 aliphatic heterocycles. The highest BCUT2D eigenvalue weighted by Crippen LogP contribution is 2.34. The number of likely N-dealkylation sites (N-methyl/N-ethyl adjacent to an activating group) is 2. The first-order chi connectivity index (χ1) is 17.0. The zero-order valence-corrected chi connectivity index (χ0v) is 20.3. The molecule has 2 aromatic heterocycles. The fraction of sp³-hybridized carbons (Fsp3) is 0.571. The Morgan fingerprint density at radius 1 is 1.19 bits per heavy atom. The summed E-state index contributed by atoms with van der Waals surface area (Å²) >= 11 is 0. The Morgan fingerprint density at radius 3 is 2.69 bits per heavy atom. The standard InChI is InChI=1S/C21H29F3N8O4/c1-30(2)13-16(33)31(3)19-27-12-15(36-19)28-18-26-11-14(21(22,23)24)17(29-18)25-7-6-9-32-8-4-5-10-35-20(32)34/h11-12H,4-10,13H2,1-3H3,(H2,25,26,28,29). The second-order valence-corrected chi connectivity index (χ2v) is 8.37. The van der Waals surface area contributed by atoms with Crippen molar-refractivity contribution >= 4 is 35.7 Å². The molecular formula is C21H29F3N8O4. The average Bonchev–Trinajstić information content (AvgIpc) is 3.16. The molecule has 0 aliphatic carbocycles. The van der Waals surface area contributed by atoms with Gasteiger partial charge in [-0.1, -0.05) is 0 Å². The highest BCUT2D eigenvalue weighted by atomic mass is 19.4. The summed E-state index contributed by atoms with van der Waals surface area (Å²) in [6.07, 6.45) is -1.19. The molecule has 2 aromatic rings. The molecule has 2 amide bonds. The number of carbonyl (C=O) groups is 2. The predicted molar refractivity (Wildman–Crippen MR) is 124 cm³/mol. The van der Waals surface area contributed by atoms with E-state index in [9.17, 15) is 22.8 Å². The third-order valence-electron chi connectivity index (χ3n) is 5.14. The number of anilines is 4. The molecule has 2 N–H and O–H groups in total. The summed E-state index contributed by atoms with van der Waals surface area (Å²) in [5, 5.41) is 5.34. The molecule has 1 aliphatic rings. The maximum Gasteiger partial charge on any atom is 0.421 e. The van der Waals surface area contributed by atoms with Gasteiger partial charge < -0.3 is 24.3 Å². The number of oxazole rings is 1. The van der Waals surface area contributed by atoms with E-state index in [0.29, 0.717) is 32.3 Å². The van der Waals surface area contributed by atoms with Crippen molar-refractivity contribution in [3.05, 3.63) is 18.0 Å². The third kappa shape index (κ3) is 7.44. The van der Waals surface area contributed by atoms with Gasteiger partial charge in [-0.3, -0.25) is 15.0 Å². The zero-order valence-electron chi connectivity index (χ0n) is 20.3.